The second kappa shape index (κ2) is 10.5. The van der Waals surface area contributed by atoms with E-state index in [1.165, 1.54) is 0 Å². The highest BCUT2D eigenvalue weighted by Crippen LogP contribution is 2.34. The van der Waals surface area contributed by atoms with Crippen molar-refractivity contribution in [2.24, 2.45) is 0 Å². The lowest BCUT2D eigenvalue weighted by molar-refractivity contribution is -0.192. The van der Waals surface area contributed by atoms with E-state index in [2.05, 4.69) is 5.10 Å². The number of aliphatic carboxylic acids is 1. The predicted octanol–water partition coefficient (Wildman–Crippen LogP) is 2.79. The van der Waals surface area contributed by atoms with Crippen LogP contribution in [0.5, 0.6) is 0 Å². The number of hydrogen-bond acceptors (Lipinski definition) is 5. The number of carboxylic acids is 1. The summed E-state index contributed by atoms with van der Waals surface area (Å²) in [6.45, 7) is 0.0927. The van der Waals surface area contributed by atoms with E-state index in [1.54, 1.807) is 15.8 Å². The molecule has 1 aromatic heterocycles. The predicted molar refractivity (Wildman–Crippen MR) is 109 cm³/mol. The normalized spacial score (nSPS) is 19.5. The number of amides is 2. The van der Waals surface area contributed by atoms with Crippen molar-refractivity contribution in [3.63, 3.8) is 0 Å². The lowest BCUT2D eigenvalue weighted by Gasteiger charge is -2.25. The molecule has 9 nitrogen and oxygen atoms in total. The zero-order valence-electron chi connectivity index (χ0n) is 17.8. The third-order valence-electron chi connectivity index (χ3n) is 5.45. The Labute approximate surface area is 191 Å². The fourth-order valence-corrected chi connectivity index (χ4v) is 3.94. The first-order valence-corrected chi connectivity index (χ1v) is 10.3. The van der Waals surface area contributed by atoms with Gasteiger partial charge in [-0.1, -0.05) is 12.1 Å². The fraction of sp³-hybridized carbons (Fsp3) is 0.429. The molecule has 4 rings (SSSR count). The van der Waals surface area contributed by atoms with Crippen LogP contribution in [0.1, 0.15) is 18.4 Å². The van der Waals surface area contributed by atoms with Gasteiger partial charge in [-0.25, -0.2) is 18.7 Å². The van der Waals surface area contributed by atoms with Crippen LogP contribution in [0.3, 0.4) is 0 Å². The molecule has 0 radical (unpaired) electrons. The molecule has 1 N–H and O–H groups in total. The number of alkyl halides is 4. The highest BCUT2D eigenvalue weighted by atomic mass is 19.4. The molecule has 34 heavy (non-hydrogen) atoms. The van der Waals surface area contributed by atoms with Crippen molar-refractivity contribution in [1.29, 1.82) is 0 Å². The van der Waals surface area contributed by atoms with Crippen LogP contribution in [0.25, 0.3) is 5.69 Å². The summed E-state index contributed by atoms with van der Waals surface area (Å²) in [5.41, 5.74) is 1.98. The summed E-state index contributed by atoms with van der Waals surface area (Å²) in [6, 6.07) is 9.57. The molecule has 0 unspecified atom stereocenters. The zero-order chi connectivity index (χ0) is 24.9. The Bertz CT molecular complexity index is 998. The number of carbonyl (C=O) groups excluding carboxylic acids is 2. The van der Waals surface area contributed by atoms with Crippen molar-refractivity contribution in [3.05, 3.63) is 48.3 Å². The van der Waals surface area contributed by atoms with Crippen LogP contribution >= 0.6 is 0 Å². The Kier molecular flexibility index (Phi) is 7.74. The van der Waals surface area contributed by atoms with E-state index < -0.39 is 24.9 Å². The molecular formula is C21H22F4N4O5. The van der Waals surface area contributed by atoms with Crippen molar-refractivity contribution >= 4 is 18.0 Å². The standard InChI is InChI=1S/C19H21FN4O3.C2HF3O2/c20-7-11-27-19(26)22-10-6-16-17(22)12-18(25)23(16)13-14-2-4-15(5-3-14)24-9-1-8-21-24;3-2(4,5)1(6)7/h1-5,8-9,16-17H,6-7,10-13H2;(H,6,7)/t16-,17-;/m0./s1. The number of hydrogen-bond donors (Lipinski definition) is 1. The van der Waals surface area contributed by atoms with Gasteiger partial charge in [0.2, 0.25) is 5.91 Å². The first-order valence-electron chi connectivity index (χ1n) is 10.3. The largest absolute Gasteiger partial charge is 0.490 e. The number of halogens is 4. The SMILES string of the molecule is O=C(O)C(F)(F)F.O=C1C[C@H]2[C@H](CCN2C(=O)OCCF)N1Cc1ccc(-n2cccn2)cc1. The molecule has 2 fully saturated rings. The molecule has 184 valence electrons. The second-order valence-corrected chi connectivity index (χ2v) is 7.57. The molecule has 0 aliphatic carbocycles. The minimum atomic E-state index is -5.08. The van der Waals surface area contributed by atoms with Gasteiger partial charge in [0.15, 0.2) is 0 Å². The first-order chi connectivity index (χ1) is 16.1. The molecule has 13 heteroatoms. The van der Waals surface area contributed by atoms with Crippen molar-refractivity contribution in [2.75, 3.05) is 19.8 Å². The maximum absolute atomic E-state index is 12.5. The van der Waals surface area contributed by atoms with E-state index in [-0.39, 0.29) is 24.6 Å². The van der Waals surface area contributed by atoms with E-state index >= 15 is 0 Å². The number of aromatic nitrogens is 2. The number of fused-ring (bicyclic) bond motifs is 1. The number of nitrogens with zero attached hydrogens (tertiary/aromatic N) is 4. The van der Waals surface area contributed by atoms with Gasteiger partial charge in [-0.15, -0.1) is 0 Å². The van der Waals surface area contributed by atoms with Crippen molar-refractivity contribution in [1.82, 2.24) is 19.6 Å². The van der Waals surface area contributed by atoms with E-state index in [1.807, 2.05) is 41.4 Å². The van der Waals surface area contributed by atoms with Crippen LogP contribution in [0.4, 0.5) is 22.4 Å². The van der Waals surface area contributed by atoms with E-state index in [0.717, 1.165) is 11.3 Å². The monoisotopic (exact) mass is 486 g/mol. The van der Waals surface area contributed by atoms with Gasteiger partial charge in [0.25, 0.3) is 0 Å². The van der Waals surface area contributed by atoms with Crippen molar-refractivity contribution in [3.8, 4) is 5.69 Å². The minimum absolute atomic E-state index is 0.0128. The average molecular weight is 486 g/mol. The summed E-state index contributed by atoms with van der Waals surface area (Å²) < 4.78 is 50.6. The summed E-state index contributed by atoms with van der Waals surface area (Å²) in [4.78, 5) is 36.9. The van der Waals surface area contributed by atoms with Gasteiger partial charge >= 0.3 is 18.2 Å². The van der Waals surface area contributed by atoms with Crippen molar-refractivity contribution < 1.29 is 41.8 Å². The Morgan fingerprint density at radius 1 is 1.18 bits per heavy atom. The van der Waals surface area contributed by atoms with Crippen molar-refractivity contribution in [2.45, 2.75) is 37.6 Å². The molecule has 0 spiro atoms. The molecule has 3 heterocycles. The molecule has 2 aromatic rings. The Hall–Kier alpha value is -3.64. The molecule has 0 saturated carbocycles. The van der Waals surface area contributed by atoms with Gasteiger partial charge in [0, 0.05) is 31.9 Å². The Morgan fingerprint density at radius 2 is 1.85 bits per heavy atom. The highest BCUT2D eigenvalue weighted by molar-refractivity contribution is 5.82. The maximum atomic E-state index is 12.5. The van der Waals surface area contributed by atoms with Gasteiger partial charge in [-0.2, -0.15) is 18.3 Å². The van der Waals surface area contributed by atoms with Crippen LogP contribution in [-0.4, -0.2) is 80.7 Å². The topological polar surface area (TPSA) is 105 Å². The van der Waals surface area contributed by atoms with E-state index in [4.69, 9.17) is 14.6 Å². The quantitative estimate of drug-likeness (QED) is 0.652. The summed E-state index contributed by atoms with van der Waals surface area (Å²) in [6.07, 6.45) is -1.01. The van der Waals surface area contributed by atoms with Crippen LogP contribution in [0.15, 0.2) is 42.7 Å². The number of carboxylic acid groups (broad SMARTS) is 1. The minimum Gasteiger partial charge on any atom is -0.475 e. The van der Waals surface area contributed by atoms with Crippen LogP contribution in [0, 0.1) is 0 Å². The molecule has 1 aromatic carbocycles. The zero-order valence-corrected chi connectivity index (χ0v) is 17.8. The number of benzene rings is 1. The molecule has 2 saturated heterocycles. The molecular weight excluding hydrogens is 464 g/mol. The smallest absolute Gasteiger partial charge is 0.475 e. The summed E-state index contributed by atoms with van der Waals surface area (Å²) in [5.74, 6) is -2.73. The molecule has 2 amide bonds. The summed E-state index contributed by atoms with van der Waals surface area (Å²) in [7, 11) is 0. The van der Waals surface area contributed by atoms with Crippen LogP contribution in [0.2, 0.25) is 0 Å². The van der Waals surface area contributed by atoms with Gasteiger partial charge in [0.1, 0.15) is 13.3 Å². The van der Waals surface area contributed by atoms with Gasteiger partial charge in [0.05, 0.1) is 17.8 Å². The number of rotatable bonds is 5. The average Bonchev–Trinajstić information content (AvgIpc) is 3.52. The lowest BCUT2D eigenvalue weighted by Crippen LogP contribution is -2.40. The fourth-order valence-electron chi connectivity index (χ4n) is 3.94. The third kappa shape index (κ3) is 5.83. The molecule has 2 aliphatic heterocycles. The highest BCUT2D eigenvalue weighted by Gasteiger charge is 2.48. The number of ether oxygens (including phenoxy) is 1. The second-order valence-electron chi connectivity index (χ2n) is 7.57. The number of likely N-dealkylation sites (tertiary alicyclic amines) is 2. The third-order valence-corrected chi connectivity index (χ3v) is 5.45. The van der Waals surface area contributed by atoms with E-state index in [9.17, 15) is 27.2 Å². The van der Waals surface area contributed by atoms with Crippen LogP contribution in [-0.2, 0) is 20.9 Å². The molecule has 2 aliphatic rings. The summed E-state index contributed by atoms with van der Waals surface area (Å²) in [5, 5.41) is 11.3. The van der Waals surface area contributed by atoms with Gasteiger partial charge in [-0.3, -0.25) is 4.79 Å². The first kappa shape index (κ1) is 25.0. The lowest BCUT2D eigenvalue weighted by atomic mass is 10.1. The Morgan fingerprint density at radius 3 is 2.41 bits per heavy atom. The van der Waals surface area contributed by atoms with E-state index in [0.29, 0.717) is 25.9 Å². The number of carbonyl (C=O) groups is 3. The van der Waals surface area contributed by atoms with Gasteiger partial charge < -0.3 is 19.6 Å². The van der Waals surface area contributed by atoms with Gasteiger partial charge in [-0.05, 0) is 30.2 Å². The molecule has 0 bridgehead atoms. The maximum Gasteiger partial charge on any atom is 0.490 e. The summed E-state index contributed by atoms with van der Waals surface area (Å²) >= 11 is 0. The Balaban J connectivity index is 0.000000406. The van der Waals surface area contributed by atoms with Crippen LogP contribution < -0.4 is 0 Å². The molecule has 2 atom stereocenters.